The Kier molecular flexibility index (Phi) is 3.01. The van der Waals surface area contributed by atoms with Crippen molar-refractivity contribution in [1.29, 1.82) is 0 Å². The van der Waals surface area contributed by atoms with Gasteiger partial charge < -0.3 is 26.2 Å². The van der Waals surface area contributed by atoms with E-state index in [4.69, 9.17) is 22.7 Å². The van der Waals surface area contributed by atoms with E-state index >= 15 is 0 Å². The summed E-state index contributed by atoms with van der Waals surface area (Å²) in [5.74, 6) is 0.886. The van der Waals surface area contributed by atoms with E-state index in [-0.39, 0.29) is 11.7 Å². The molecule has 0 bridgehead atoms. The summed E-state index contributed by atoms with van der Waals surface area (Å²) in [5, 5.41) is 15.4. The topological polar surface area (TPSA) is 91.9 Å². The van der Waals surface area contributed by atoms with Crippen molar-refractivity contribution in [2.75, 3.05) is 7.11 Å². The largest absolute Gasteiger partial charge is 0.508 e. The lowest BCUT2D eigenvalue weighted by molar-refractivity contribution is 0.397. The highest BCUT2D eigenvalue weighted by molar-refractivity contribution is 7.80. The molecule has 1 unspecified atom stereocenters. The van der Waals surface area contributed by atoms with E-state index in [2.05, 4.69) is 15.6 Å². The number of hydrogen-bond acceptors (Lipinski definition) is 5. The van der Waals surface area contributed by atoms with Gasteiger partial charge in [0.1, 0.15) is 11.5 Å². The fraction of sp³-hybridized carbons (Fsp3) is 0.200. The average molecular weight is 252 g/mol. The molecule has 6 nitrogen and oxygen atoms in total. The number of hydrogen-bond donors (Lipinski definition) is 4. The zero-order valence-corrected chi connectivity index (χ0v) is 9.91. The number of aliphatic imine (C=N–C) groups is 1. The molecule has 0 aliphatic carbocycles. The van der Waals surface area contributed by atoms with Gasteiger partial charge in [0, 0.05) is 11.6 Å². The van der Waals surface area contributed by atoms with Crippen LogP contribution in [0.1, 0.15) is 11.7 Å². The van der Waals surface area contributed by atoms with E-state index in [0.717, 1.165) is 5.56 Å². The first kappa shape index (κ1) is 11.5. The summed E-state index contributed by atoms with van der Waals surface area (Å²) in [4.78, 5) is 4.16. The van der Waals surface area contributed by atoms with Gasteiger partial charge in [-0.05, 0) is 24.4 Å². The summed E-state index contributed by atoms with van der Waals surface area (Å²) >= 11 is 4.99. The van der Waals surface area contributed by atoms with E-state index < -0.39 is 6.17 Å². The Hall–Kier alpha value is -2.02. The zero-order chi connectivity index (χ0) is 12.4. The van der Waals surface area contributed by atoms with Gasteiger partial charge in [-0.15, -0.1) is 0 Å². The van der Waals surface area contributed by atoms with Crippen LogP contribution in [0.3, 0.4) is 0 Å². The molecule has 1 aromatic carbocycles. The van der Waals surface area contributed by atoms with Crippen LogP contribution >= 0.6 is 12.2 Å². The molecule has 17 heavy (non-hydrogen) atoms. The minimum absolute atomic E-state index is 0.124. The number of guanidine groups is 1. The number of ether oxygens (including phenoxy) is 1. The molecular weight excluding hydrogens is 240 g/mol. The first-order valence-corrected chi connectivity index (χ1v) is 5.28. The Morgan fingerprint density at radius 2 is 2.29 bits per heavy atom. The lowest BCUT2D eigenvalue weighted by Crippen LogP contribution is -2.49. The van der Waals surface area contributed by atoms with Crippen LogP contribution in [0.25, 0.3) is 0 Å². The van der Waals surface area contributed by atoms with Crippen LogP contribution in [0.2, 0.25) is 0 Å². The van der Waals surface area contributed by atoms with E-state index in [0.29, 0.717) is 10.9 Å². The van der Waals surface area contributed by atoms with Gasteiger partial charge in [0.05, 0.1) is 7.11 Å². The monoisotopic (exact) mass is 252 g/mol. The molecule has 1 heterocycles. The lowest BCUT2D eigenvalue weighted by Gasteiger charge is -2.24. The molecule has 5 N–H and O–H groups in total. The Morgan fingerprint density at radius 1 is 1.53 bits per heavy atom. The molecule has 90 valence electrons. The molecule has 0 amide bonds. The molecule has 1 atom stereocenters. The molecule has 1 aliphatic rings. The summed E-state index contributed by atoms with van der Waals surface area (Å²) < 4.78 is 5.18. The van der Waals surface area contributed by atoms with Gasteiger partial charge in [-0.3, -0.25) is 0 Å². The number of rotatable bonds is 2. The van der Waals surface area contributed by atoms with E-state index in [9.17, 15) is 5.11 Å². The summed E-state index contributed by atoms with van der Waals surface area (Å²) in [7, 11) is 1.52. The fourth-order valence-corrected chi connectivity index (χ4v) is 1.77. The molecule has 0 spiro atoms. The maximum Gasteiger partial charge on any atom is 0.197 e. The highest BCUT2D eigenvalue weighted by atomic mass is 32.1. The molecule has 1 aliphatic heterocycles. The van der Waals surface area contributed by atoms with Crippen LogP contribution in [0, 0.1) is 0 Å². The van der Waals surface area contributed by atoms with Crippen molar-refractivity contribution >= 4 is 23.3 Å². The predicted octanol–water partition coefficient (Wildman–Crippen LogP) is 0.192. The van der Waals surface area contributed by atoms with Crippen LogP contribution in [-0.2, 0) is 0 Å². The molecule has 0 saturated carbocycles. The molecule has 2 rings (SSSR count). The molecule has 1 aromatic rings. The van der Waals surface area contributed by atoms with Crippen LogP contribution < -0.4 is 21.1 Å². The summed E-state index contributed by atoms with van der Waals surface area (Å²) in [5.41, 5.74) is 6.34. The number of nitrogens with two attached hydrogens (primary N) is 1. The quantitative estimate of drug-likeness (QED) is 0.562. The van der Waals surface area contributed by atoms with Crippen molar-refractivity contribution in [3.8, 4) is 11.5 Å². The summed E-state index contributed by atoms with van der Waals surface area (Å²) in [6, 6.07) is 4.76. The van der Waals surface area contributed by atoms with Crippen molar-refractivity contribution in [3.63, 3.8) is 0 Å². The number of phenolic OH excluding ortho intramolecular Hbond substituents is 1. The Morgan fingerprint density at radius 3 is 2.94 bits per heavy atom. The fourth-order valence-electron chi connectivity index (χ4n) is 1.55. The van der Waals surface area contributed by atoms with Gasteiger partial charge in [0.2, 0.25) is 0 Å². The standard InChI is InChI=1S/C10H12N4O2S/c1-16-7-4-5(15)2-3-6(7)8-12-9(11)14-10(17)13-8/h2-4,8,15H,1H3,(H4,11,12,13,14,17). The SMILES string of the molecule is COc1cc(O)ccc1C1N=C(N)NC(=S)N1. The van der Waals surface area contributed by atoms with Crippen molar-refractivity contribution < 1.29 is 9.84 Å². The number of nitrogens with zero attached hydrogens (tertiary/aromatic N) is 1. The molecule has 0 aromatic heterocycles. The molecule has 7 heteroatoms. The van der Waals surface area contributed by atoms with Crippen molar-refractivity contribution in [2.24, 2.45) is 10.7 Å². The third-order valence-electron chi connectivity index (χ3n) is 2.29. The minimum Gasteiger partial charge on any atom is -0.508 e. The number of nitrogens with one attached hydrogen (secondary N) is 2. The Bertz CT molecular complexity index is 489. The third-order valence-corrected chi connectivity index (χ3v) is 2.51. The zero-order valence-electron chi connectivity index (χ0n) is 9.10. The second-order valence-corrected chi connectivity index (χ2v) is 3.85. The lowest BCUT2D eigenvalue weighted by atomic mass is 10.1. The Balaban J connectivity index is 2.40. The van der Waals surface area contributed by atoms with E-state index in [1.54, 1.807) is 12.1 Å². The number of phenols is 1. The van der Waals surface area contributed by atoms with Gasteiger partial charge in [-0.2, -0.15) is 0 Å². The molecule has 0 fully saturated rings. The maximum atomic E-state index is 9.37. The van der Waals surface area contributed by atoms with Gasteiger partial charge in [0.25, 0.3) is 0 Å². The first-order valence-electron chi connectivity index (χ1n) is 4.88. The van der Waals surface area contributed by atoms with Crippen molar-refractivity contribution in [1.82, 2.24) is 10.6 Å². The average Bonchev–Trinajstić information content (AvgIpc) is 2.27. The van der Waals surface area contributed by atoms with Crippen molar-refractivity contribution in [3.05, 3.63) is 23.8 Å². The number of methoxy groups -OCH3 is 1. The second-order valence-electron chi connectivity index (χ2n) is 3.44. The normalized spacial score (nSPS) is 19.0. The number of thiocarbonyl (C=S) groups is 1. The van der Waals surface area contributed by atoms with Gasteiger partial charge in [-0.1, -0.05) is 0 Å². The Labute approximate surface area is 103 Å². The smallest absolute Gasteiger partial charge is 0.197 e. The number of benzene rings is 1. The van der Waals surface area contributed by atoms with Gasteiger partial charge in [-0.25, -0.2) is 4.99 Å². The van der Waals surface area contributed by atoms with E-state index in [1.807, 2.05) is 0 Å². The van der Waals surface area contributed by atoms with Crippen LogP contribution in [0.5, 0.6) is 11.5 Å². The van der Waals surface area contributed by atoms with Crippen LogP contribution in [0.4, 0.5) is 0 Å². The van der Waals surface area contributed by atoms with Crippen LogP contribution in [-0.4, -0.2) is 23.3 Å². The molecule has 0 saturated heterocycles. The summed E-state index contributed by atoms with van der Waals surface area (Å²) in [6.45, 7) is 0. The third kappa shape index (κ3) is 2.39. The molecule has 0 radical (unpaired) electrons. The highest BCUT2D eigenvalue weighted by Gasteiger charge is 2.20. The highest BCUT2D eigenvalue weighted by Crippen LogP contribution is 2.30. The maximum absolute atomic E-state index is 9.37. The minimum atomic E-state index is -0.417. The second kappa shape index (κ2) is 4.46. The van der Waals surface area contributed by atoms with Crippen molar-refractivity contribution in [2.45, 2.75) is 6.17 Å². The van der Waals surface area contributed by atoms with E-state index in [1.165, 1.54) is 13.2 Å². The van der Waals surface area contributed by atoms with Crippen LogP contribution in [0.15, 0.2) is 23.2 Å². The number of aromatic hydroxyl groups is 1. The predicted molar refractivity (Wildman–Crippen MR) is 67.9 cm³/mol. The van der Waals surface area contributed by atoms with Gasteiger partial charge >= 0.3 is 0 Å². The molecular formula is C10H12N4O2S. The van der Waals surface area contributed by atoms with Gasteiger partial charge in [0.15, 0.2) is 17.2 Å². The summed E-state index contributed by atoms with van der Waals surface area (Å²) in [6.07, 6.45) is -0.417. The first-order chi connectivity index (χ1) is 8.10.